The summed E-state index contributed by atoms with van der Waals surface area (Å²) in [5.74, 6) is 3.41. The molecule has 2 N–H and O–H groups in total. The van der Waals surface area contributed by atoms with E-state index in [1.54, 1.807) is 0 Å². The molecule has 1 fully saturated rings. The molecule has 1 unspecified atom stereocenters. The summed E-state index contributed by atoms with van der Waals surface area (Å²) in [6, 6.07) is -0.117. The van der Waals surface area contributed by atoms with Crippen LogP contribution in [0.3, 0.4) is 0 Å². The van der Waals surface area contributed by atoms with Crippen molar-refractivity contribution < 1.29 is 4.52 Å². The molecule has 0 radical (unpaired) electrons. The van der Waals surface area contributed by atoms with Gasteiger partial charge in [-0.2, -0.15) is 4.98 Å². The van der Waals surface area contributed by atoms with Crippen LogP contribution in [0.4, 0.5) is 0 Å². The maximum Gasteiger partial charge on any atom is 0.243 e. The zero-order valence-electron chi connectivity index (χ0n) is 12.4. The molecule has 0 bridgehead atoms. The first-order chi connectivity index (χ1) is 9.10. The van der Waals surface area contributed by atoms with Gasteiger partial charge in [0.2, 0.25) is 5.89 Å². The van der Waals surface area contributed by atoms with Crippen molar-refractivity contribution in [3.05, 3.63) is 11.7 Å². The maximum atomic E-state index is 6.09. The molecule has 0 amide bonds. The molecule has 1 aromatic heterocycles. The topological polar surface area (TPSA) is 64.9 Å². The van der Waals surface area contributed by atoms with Gasteiger partial charge in [-0.25, -0.2) is 0 Å². The zero-order chi connectivity index (χ0) is 13.8. The van der Waals surface area contributed by atoms with Gasteiger partial charge in [0.15, 0.2) is 5.82 Å². The second-order valence-electron chi connectivity index (χ2n) is 6.35. The second kappa shape index (κ2) is 6.51. The van der Waals surface area contributed by atoms with Crippen LogP contribution in [-0.4, -0.2) is 10.1 Å². The largest absolute Gasteiger partial charge is 0.338 e. The zero-order valence-corrected chi connectivity index (χ0v) is 12.4. The molecule has 108 valence electrons. The normalized spacial score (nSPS) is 25.7. The van der Waals surface area contributed by atoms with Crippen molar-refractivity contribution in [1.29, 1.82) is 0 Å². The Morgan fingerprint density at radius 3 is 2.53 bits per heavy atom. The fourth-order valence-electron chi connectivity index (χ4n) is 3.00. The van der Waals surface area contributed by atoms with Gasteiger partial charge in [-0.15, -0.1) is 0 Å². The van der Waals surface area contributed by atoms with Crippen molar-refractivity contribution in [2.45, 2.75) is 71.3 Å². The van der Waals surface area contributed by atoms with E-state index in [-0.39, 0.29) is 6.04 Å². The number of aromatic nitrogens is 2. The molecule has 0 spiro atoms. The van der Waals surface area contributed by atoms with E-state index >= 15 is 0 Å². The van der Waals surface area contributed by atoms with E-state index in [2.05, 4.69) is 30.9 Å². The number of rotatable bonds is 5. The van der Waals surface area contributed by atoms with E-state index in [1.165, 1.54) is 32.1 Å². The Hall–Kier alpha value is -0.900. The van der Waals surface area contributed by atoms with E-state index < -0.39 is 0 Å². The molecule has 4 nitrogen and oxygen atoms in total. The Bertz CT molecular complexity index is 380. The van der Waals surface area contributed by atoms with Gasteiger partial charge >= 0.3 is 0 Å². The van der Waals surface area contributed by atoms with Crippen molar-refractivity contribution >= 4 is 0 Å². The highest BCUT2D eigenvalue weighted by Gasteiger charge is 2.26. The summed E-state index contributed by atoms with van der Waals surface area (Å²) in [5, 5.41) is 4.15. The van der Waals surface area contributed by atoms with Crippen LogP contribution in [-0.2, 0) is 0 Å². The van der Waals surface area contributed by atoms with Crippen LogP contribution < -0.4 is 5.73 Å². The third kappa shape index (κ3) is 3.78. The molecule has 1 atom stereocenters. The van der Waals surface area contributed by atoms with Crippen LogP contribution in [0.5, 0.6) is 0 Å². The first-order valence-electron chi connectivity index (χ1n) is 7.69. The Kier molecular flexibility index (Phi) is 4.97. The SMILES string of the molecule is CCC1CCC(c2noc(C(N)CC(C)C)n2)CC1. The van der Waals surface area contributed by atoms with E-state index in [0.717, 1.165) is 18.2 Å². The van der Waals surface area contributed by atoms with Crippen LogP contribution in [0.25, 0.3) is 0 Å². The fraction of sp³-hybridized carbons (Fsp3) is 0.867. The van der Waals surface area contributed by atoms with Gasteiger partial charge in [0.25, 0.3) is 0 Å². The predicted octanol–water partition coefficient (Wildman–Crippen LogP) is 3.80. The van der Waals surface area contributed by atoms with Crippen molar-refractivity contribution in [3.63, 3.8) is 0 Å². The number of nitrogens with two attached hydrogens (primary N) is 1. The summed E-state index contributed by atoms with van der Waals surface area (Å²) in [4.78, 5) is 4.53. The minimum atomic E-state index is -0.117. The lowest BCUT2D eigenvalue weighted by atomic mass is 9.80. The van der Waals surface area contributed by atoms with Crippen LogP contribution in [0.15, 0.2) is 4.52 Å². The lowest BCUT2D eigenvalue weighted by molar-refractivity contribution is 0.299. The lowest BCUT2D eigenvalue weighted by Gasteiger charge is -2.25. The standard InChI is InChI=1S/C15H27N3O/c1-4-11-5-7-12(8-6-11)14-17-15(19-18-14)13(16)9-10(2)3/h10-13H,4-9,16H2,1-3H3. The molecular formula is C15H27N3O. The summed E-state index contributed by atoms with van der Waals surface area (Å²) in [6.45, 7) is 6.59. The molecule has 0 aliphatic heterocycles. The third-order valence-electron chi connectivity index (χ3n) is 4.29. The van der Waals surface area contributed by atoms with Crippen molar-refractivity contribution in [3.8, 4) is 0 Å². The average molecular weight is 265 g/mol. The van der Waals surface area contributed by atoms with Crippen molar-refractivity contribution in [2.75, 3.05) is 0 Å². The fourth-order valence-corrected chi connectivity index (χ4v) is 3.00. The molecular weight excluding hydrogens is 238 g/mol. The predicted molar refractivity (Wildman–Crippen MR) is 75.7 cm³/mol. The molecule has 0 saturated heterocycles. The molecule has 2 rings (SSSR count). The van der Waals surface area contributed by atoms with Gasteiger partial charge in [-0.3, -0.25) is 0 Å². The Morgan fingerprint density at radius 1 is 1.26 bits per heavy atom. The summed E-state index contributed by atoms with van der Waals surface area (Å²) in [6.07, 6.45) is 7.16. The second-order valence-corrected chi connectivity index (χ2v) is 6.35. The molecule has 0 aromatic carbocycles. The molecule has 4 heteroatoms. The minimum absolute atomic E-state index is 0.117. The summed E-state index contributed by atoms with van der Waals surface area (Å²) in [5.41, 5.74) is 6.09. The van der Waals surface area contributed by atoms with Gasteiger partial charge in [0.1, 0.15) is 0 Å². The number of hydrogen-bond donors (Lipinski definition) is 1. The van der Waals surface area contributed by atoms with Gasteiger partial charge < -0.3 is 10.3 Å². The molecule has 1 heterocycles. The van der Waals surface area contributed by atoms with E-state index in [4.69, 9.17) is 10.3 Å². The summed E-state index contributed by atoms with van der Waals surface area (Å²) >= 11 is 0. The van der Waals surface area contributed by atoms with E-state index in [9.17, 15) is 0 Å². The first-order valence-corrected chi connectivity index (χ1v) is 7.69. The Labute approximate surface area is 116 Å². The highest BCUT2D eigenvalue weighted by atomic mass is 16.5. The average Bonchev–Trinajstić information content (AvgIpc) is 2.88. The lowest BCUT2D eigenvalue weighted by Crippen LogP contribution is -2.15. The molecule has 1 aliphatic carbocycles. The molecule has 19 heavy (non-hydrogen) atoms. The Morgan fingerprint density at radius 2 is 1.95 bits per heavy atom. The highest BCUT2D eigenvalue weighted by Crippen LogP contribution is 2.36. The monoisotopic (exact) mass is 265 g/mol. The van der Waals surface area contributed by atoms with E-state index in [1.807, 2.05) is 0 Å². The number of nitrogens with zero attached hydrogens (tertiary/aromatic N) is 2. The van der Waals surface area contributed by atoms with Crippen LogP contribution in [0, 0.1) is 11.8 Å². The summed E-state index contributed by atoms with van der Waals surface area (Å²) in [7, 11) is 0. The van der Waals surface area contributed by atoms with Crippen molar-refractivity contribution in [2.24, 2.45) is 17.6 Å². The smallest absolute Gasteiger partial charge is 0.243 e. The highest BCUT2D eigenvalue weighted by molar-refractivity contribution is 5.00. The molecule has 1 aliphatic rings. The molecule has 1 aromatic rings. The van der Waals surface area contributed by atoms with Gasteiger partial charge in [0, 0.05) is 5.92 Å². The van der Waals surface area contributed by atoms with Gasteiger partial charge in [-0.05, 0) is 43.9 Å². The minimum Gasteiger partial charge on any atom is -0.338 e. The van der Waals surface area contributed by atoms with Crippen LogP contribution in [0.1, 0.15) is 83.0 Å². The third-order valence-corrected chi connectivity index (χ3v) is 4.29. The van der Waals surface area contributed by atoms with Gasteiger partial charge in [-0.1, -0.05) is 32.3 Å². The summed E-state index contributed by atoms with van der Waals surface area (Å²) < 4.78 is 5.35. The Balaban J connectivity index is 1.94. The van der Waals surface area contributed by atoms with Crippen LogP contribution >= 0.6 is 0 Å². The van der Waals surface area contributed by atoms with Crippen molar-refractivity contribution in [1.82, 2.24) is 10.1 Å². The first kappa shape index (κ1) is 14.5. The number of hydrogen-bond acceptors (Lipinski definition) is 4. The quantitative estimate of drug-likeness (QED) is 0.879. The maximum absolute atomic E-state index is 6.09. The van der Waals surface area contributed by atoms with E-state index in [0.29, 0.717) is 17.7 Å². The molecule has 1 saturated carbocycles. The van der Waals surface area contributed by atoms with Crippen LogP contribution in [0.2, 0.25) is 0 Å². The van der Waals surface area contributed by atoms with Gasteiger partial charge in [0.05, 0.1) is 6.04 Å².